The molecule has 1 heterocycles. The van der Waals surface area contributed by atoms with E-state index in [1.165, 1.54) is 29.8 Å². The topological polar surface area (TPSA) is 70.2 Å². The highest BCUT2D eigenvalue weighted by Crippen LogP contribution is 2.38. The number of hydrogen-bond donors (Lipinski definition) is 1. The van der Waals surface area contributed by atoms with Crippen molar-refractivity contribution in [3.05, 3.63) is 28.7 Å². The van der Waals surface area contributed by atoms with Gasteiger partial charge in [0.2, 0.25) is 15.5 Å². The van der Waals surface area contributed by atoms with E-state index in [9.17, 15) is 13.2 Å². The molecule has 6 heteroatoms. The summed E-state index contributed by atoms with van der Waals surface area (Å²) in [6, 6.07) is 1.22. The Labute approximate surface area is 101 Å². The summed E-state index contributed by atoms with van der Waals surface area (Å²) >= 11 is 0. The van der Waals surface area contributed by atoms with Crippen LogP contribution in [-0.2, 0) is 10.0 Å². The van der Waals surface area contributed by atoms with Crippen LogP contribution in [0.25, 0.3) is 0 Å². The van der Waals surface area contributed by atoms with Gasteiger partial charge in [-0.2, -0.15) is 0 Å². The van der Waals surface area contributed by atoms with Crippen molar-refractivity contribution in [2.24, 2.45) is 11.8 Å². The van der Waals surface area contributed by atoms with E-state index in [-0.39, 0.29) is 4.90 Å². The summed E-state index contributed by atoms with van der Waals surface area (Å²) in [5.74, 6) is 1.01. The molecule has 1 aromatic heterocycles. The molecule has 1 aliphatic carbocycles. The molecule has 0 radical (unpaired) electrons. The number of rotatable bonds is 4. The Morgan fingerprint density at radius 1 is 1.53 bits per heavy atom. The van der Waals surface area contributed by atoms with Gasteiger partial charge in [0.05, 0.1) is 0 Å². The smallest absolute Gasteiger partial charge is 0.248 e. The predicted octanol–water partition coefficient (Wildman–Crippen LogP) is 0.651. The normalized spacial score (nSPS) is 23.9. The number of hydrogen-bond acceptors (Lipinski definition) is 3. The molecule has 0 bridgehead atoms. The number of H-pyrrole nitrogens is 1. The number of nitrogens with zero attached hydrogens (tertiary/aromatic N) is 1. The highest BCUT2D eigenvalue weighted by atomic mass is 32.2. The third-order valence-electron chi connectivity index (χ3n) is 3.24. The van der Waals surface area contributed by atoms with E-state index in [1.54, 1.807) is 0 Å². The SMILES string of the molecule is CC1CC1CN(C)S(=O)(=O)c1c[nH]ccc1=O. The number of sulfonamides is 1. The molecule has 1 aliphatic rings. The lowest BCUT2D eigenvalue weighted by Crippen LogP contribution is -2.32. The zero-order chi connectivity index (χ0) is 12.6. The number of pyridine rings is 1. The Balaban J connectivity index is 2.24. The Morgan fingerprint density at radius 2 is 2.18 bits per heavy atom. The molecule has 2 rings (SSSR count). The van der Waals surface area contributed by atoms with Crippen molar-refractivity contribution in [1.82, 2.24) is 9.29 Å². The van der Waals surface area contributed by atoms with Gasteiger partial charge < -0.3 is 4.98 Å². The maximum atomic E-state index is 12.1. The fourth-order valence-electron chi connectivity index (χ4n) is 1.85. The molecule has 0 saturated heterocycles. The summed E-state index contributed by atoms with van der Waals surface area (Å²) in [6.45, 7) is 2.58. The summed E-state index contributed by atoms with van der Waals surface area (Å²) < 4.78 is 25.5. The average Bonchev–Trinajstić information content (AvgIpc) is 2.94. The lowest BCUT2D eigenvalue weighted by Gasteiger charge is -2.16. The van der Waals surface area contributed by atoms with Crippen LogP contribution in [0.4, 0.5) is 0 Å². The Hall–Kier alpha value is -1.14. The molecule has 0 aliphatic heterocycles. The lowest BCUT2D eigenvalue weighted by atomic mass is 10.3. The van der Waals surface area contributed by atoms with Crippen LogP contribution in [0.15, 0.2) is 28.2 Å². The number of nitrogens with one attached hydrogen (secondary N) is 1. The molecule has 0 spiro atoms. The van der Waals surface area contributed by atoms with E-state index >= 15 is 0 Å². The second-order valence-electron chi connectivity index (χ2n) is 4.63. The first-order valence-corrected chi connectivity index (χ1v) is 7.00. The minimum atomic E-state index is -3.66. The largest absolute Gasteiger partial charge is 0.366 e. The molecule has 0 amide bonds. The van der Waals surface area contributed by atoms with E-state index in [0.29, 0.717) is 18.4 Å². The fraction of sp³-hybridized carbons (Fsp3) is 0.545. The summed E-state index contributed by atoms with van der Waals surface area (Å²) in [5, 5.41) is 0. The van der Waals surface area contributed by atoms with Gasteiger partial charge in [-0.3, -0.25) is 4.79 Å². The van der Waals surface area contributed by atoms with Gasteiger partial charge in [-0.15, -0.1) is 0 Å². The minimum absolute atomic E-state index is 0.184. The molecule has 1 fully saturated rings. The van der Waals surface area contributed by atoms with Crippen LogP contribution < -0.4 is 5.43 Å². The molecule has 0 aromatic carbocycles. The third-order valence-corrected chi connectivity index (χ3v) is 5.09. The zero-order valence-electron chi connectivity index (χ0n) is 9.88. The van der Waals surface area contributed by atoms with Crippen molar-refractivity contribution >= 4 is 10.0 Å². The molecule has 1 N–H and O–H groups in total. The van der Waals surface area contributed by atoms with Gasteiger partial charge in [0, 0.05) is 32.1 Å². The first kappa shape index (κ1) is 12.3. The monoisotopic (exact) mass is 256 g/mol. The van der Waals surface area contributed by atoms with Gasteiger partial charge in [0.15, 0.2) is 0 Å². The van der Waals surface area contributed by atoms with Crippen molar-refractivity contribution in [1.29, 1.82) is 0 Å². The molecule has 94 valence electrons. The molecule has 2 atom stereocenters. The fourth-order valence-corrected chi connectivity index (χ4v) is 3.11. The maximum Gasteiger partial charge on any atom is 0.248 e. The quantitative estimate of drug-likeness (QED) is 0.860. The second-order valence-corrected chi connectivity index (χ2v) is 6.64. The average molecular weight is 256 g/mol. The van der Waals surface area contributed by atoms with Gasteiger partial charge >= 0.3 is 0 Å². The highest BCUT2D eigenvalue weighted by Gasteiger charge is 2.36. The minimum Gasteiger partial charge on any atom is -0.366 e. The molecular formula is C11H16N2O3S. The Bertz CT molecular complexity index is 564. The van der Waals surface area contributed by atoms with Gasteiger partial charge in [0.25, 0.3) is 0 Å². The molecule has 5 nitrogen and oxygen atoms in total. The first-order chi connectivity index (χ1) is 7.93. The van der Waals surface area contributed by atoms with Gasteiger partial charge in [-0.05, 0) is 18.3 Å². The van der Waals surface area contributed by atoms with Crippen LogP contribution in [-0.4, -0.2) is 31.3 Å². The van der Waals surface area contributed by atoms with Gasteiger partial charge in [-0.1, -0.05) is 6.92 Å². The summed E-state index contributed by atoms with van der Waals surface area (Å²) in [5.41, 5.74) is -0.473. The van der Waals surface area contributed by atoms with Crippen molar-refractivity contribution in [2.45, 2.75) is 18.2 Å². The zero-order valence-corrected chi connectivity index (χ0v) is 10.7. The molecule has 17 heavy (non-hydrogen) atoms. The van der Waals surface area contributed by atoms with Crippen LogP contribution in [0.3, 0.4) is 0 Å². The van der Waals surface area contributed by atoms with Crippen molar-refractivity contribution in [3.63, 3.8) is 0 Å². The number of aromatic nitrogens is 1. The first-order valence-electron chi connectivity index (χ1n) is 5.56. The summed E-state index contributed by atoms with van der Waals surface area (Å²) in [7, 11) is -2.14. The number of aromatic amines is 1. The molecule has 2 unspecified atom stereocenters. The van der Waals surface area contributed by atoms with Gasteiger partial charge in [-0.25, -0.2) is 12.7 Å². The van der Waals surface area contributed by atoms with E-state index in [0.717, 1.165) is 6.42 Å². The summed E-state index contributed by atoms with van der Waals surface area (Å²) in [4.78, 5) is 14.0. The molecular weight excluding hydrogens is 240 g/mol. The third kappa shape index (κ3) is 2.42. The van der Waals surface area contributed by atoms with Crippen molar-refractivity contribution < 1.29 is 8.42 Å². The van der Waals surface area contributed by atoms with E-state index in [4.69, 9.17) is 0 Å². The highest BCUT2D eigenvalue weighted by molar-refractivity contribution is 7.89. The maximum absolute atomic E-state index is 12.1. The van der Waals surface area contributed by atoms with Crippen molar-refractivity contribution in [2.75, 3.05) is 13.6 Å². The van der Waals surface area contributed by atoms with Crippen molar-refractivity contribution in [3.8, 4) is 0 Å². The van der Waals surface area contributed by atoms with Crippen LogP contribution in [0.1, 0.15) is 13.3 Å². The van der Waals surface area contributed by atoms with Gasteiger partial charge in [0.1, 0.15) is 4.90 Å². The van der Waals surface area contributed by atoms with Crippen LogP contribution in [0.5, 0.6) is 0 Å². The predicted molar refractivity (Wildman–Crippen MR) is 64.1 cm³/mol. The van der Waals surface area contributed by atoms with Crippen LogP contribution in [0, 0.1) is 11.8 Å². The lowest BCUT2D eigenvalue weighted by molar-refractivity contribution is 0.444. The molecule has 1 saturated carbocycles. The van der Waals surface area contributed by atoms with E-state index in [1.807, 2.05) is 0 Å². The van der Waals surface area contributed by atoms with Crippen LogP contribution >= 0.6 is 0 Å². The van der Waals surface area contributed by atoms with E-state index in [2.05, 4.69) is 11.9 Å². The Kier molecular flexibility index (Phi) is 3.09. The standard InChI is InChI=1S/C11H16N2O3S/c1-8-5-9(8)7-13(2)17(15,16)11-6-12-4-3-10(11)14/h3-4,6,8-9H,5,7H2,1-2H3,(H,12,14). The summed E-state index contributed by atoms with van der Waals surface area (Å²) in [6.07, 6.45) is 3.72. The second kappa shape index (κ2) is 4.27. The van der Waals surface area contributed by atoms with Crippen LogP contribution in [0.2, 0.25) is 0 Å². The molecule has 1 aromatic rings. The Morgan fingerprint density at radius 3 is 2.71 bits per heavy atom. The van der Waals surface area contributed by atoms with E-state index < -0.39 is 15.5 Å².